The standard InChI is InChI=1S/C13H17BrN4/c1-10-8-13(16-9-12(10)14)17-11-2-5-18(6-3-11)7-4-15/h8-9,11H,2-3,5-7H2,1H3,(H,16,17). The highest BCUT2D eigenvalue weighted by Crippen LogP contribution is 2.20. The second-order valence-corrected chi connectivity index (χ2v) is 5.53. The number of anilines is 1. The minimum atomic E-state index is 0.466. The van der Waals surface area contributed by atoms with E-state index < -0.39 is 0 Å². The zero-order chi connectivity index (χ0) is 13.0. The fourth-order valence-corrected chi connectivity index (χ4v) is 2.38. The molecule has 0 atom stereocenters. The normalized spacial score (nSPS) is 17.4. The van der Waals surface area contributed by atoms with Gasteiger partial charge in [-0.2, -0.15) is 5.26 Å². The molecule has 5 heteroatoms. The van der Waals surface area contributed by atoms with Gasteiger partial charge in [0, 0.05) is 29.8 Å². The maximum absolute atomic E-state index is 8.65. The molecule has 0 spiro atoms. The van der Waals surface area contributed by atoms with E-state index in [4.69, 9.17) is 5.26 Å². The van der Waals surface area contributed by atoms with E-state index >= 15 is 0 Å². The number of aromatic nitrogens is 1. The predicted octanol–water partition coefficient (Wildman–Crippen LogP) is 2.55. The molecule has 1 aliphatic heterocycles. The molecular weight excluding hydrogens is 292 g/mol. The summed E-state index contributed by atoms with van der Waals surface area (Å²) < 4.78 is 1.04. The van der Waals surface area contributed by atoms with Crippen molar-refractivity contribution in [1.82, 2.24) is 9.88 Å². The van der Waals surface area contributed by atoms with E-state index in [2.05, 4.69) is 50.2 Å². The fraction of sp³-hybridized carbons (Fsp3) is 0.538. The molecule has 0 saturated carbocycles. The molecule has 2 rings (SSSR count). The summed E-state index contributed by atoms with van der Waals surface area (Å²) in [6.07, 6.45) is 3.97. The summed E-state index contributed by atoms with van der Waals surface area (Å²) >= 11 is 3.45. The minimum Gasteiger partial charge on any atom is -0.367 e. The van der Waals surface area contributed by atoms with Gasteiger partial charge in [0.1, 0.15) is 5.82 Å². The van der Waals surface area contributed by atoms with Gasteiger partial charge >= 0.3 is 0 Å². The monoisotopic (exact) mass is 308 g/mol. The Labute approximate surface area is 116 Å². The summed E-state index contributed by atoms with van der Waals surface area (Å²) in [5.41, 5.74) is 1.19. The Morgan fingerprint density at radius 3 is 2.89 bits per heavy atom. The predicted molar refractivity (Wildman–Crippen MR) is 75.4 cm³/mol. The molecule has 1 N–H and O–H groups in total. The number of piperidine rings is 1. The molecule has 18 heavy (non-hydrogen) atoms. The summed E-state index contributed by atoms with van der Waals surface area (Å²) in [4.78, 5) is 6.56. The maximum Gasteiger partial charge on any atom is 0.126 e. The molecule has 1 aromatic heterocycles. The smallest absolute Gasteiger partial charge is 0.126 e. The number of nitriles is 1. The topological polar surface area (TPSA) is 52.0 Å². The number of pyridine rings is 1. The van der Waals surface area contributed by atoms with Crippen molar-refractivity contribution in [2.45, 2.75) is 25.8 Å². The number of nitrogens with one attached hydrogen (secondary N) is 1. The lowest BCUT2D eigenvalue weighted by atomic mass is 10.1. The Morgan fingerprint density at radius 1 is 1.56 bits per heavy atom. The summed E-state index contributed by atoms with van der Waals surface area (Å²) in [6, 6.07) is 4.73. The van der Waals surface area contributed by atoms with E-state index in [9.17, 15) is 0 Å². The average Bonchev–Trinajstić information content (AvgIpc) is 2.37. The molecule has 0 unspecified atom stereocenters. The maximum atomic E-state index is 8.65. The first-order valence-electron chi connectivity index (χ1n) is 6.17. The van der Waals surface area contributed by atoms with Gasteiger partial charge in [-0.15, -0.1) is 0 Å². The minimum absolute atomic E-state index is 0.466. The third-order valence-electron chi connectivity index (χ3n) is 3.28. The van der Waals surface area contributed by atoms with Crippen molar-refractivity contribution in [3.63, 3.8) is 0 Å². The second-order valence-electron chi connectivity index (χ2n) is 4.67. The third kappa shape index (κ3) is 3.44. The van der Waals surface area contributed by atoms with Gasteiger partial charge in [0.2, 0.25) is 0 Å². The van der Waals surface area contributed by atoms with Crippen molar-refractivity contribution in [3.05, 3.63) is 22.3 Å². The van der Waals surface area contributed by atoms with Crippen LogP contribution in [0.2, 0.25) is 0 Å². The molecule has 0 radical (unpaired) electrons. The van der Waals surface area contributed by atoms with Crippen LogP contribution < -0.4 is 5.32 Å². The molecule has 1 aliphatic rings. The van der Waals surface area contributed by atoms with Crippen LogP contribution in [0.5, 0.6) is 0 Å². The second kappa shape index (κ2) is 6.17. The van der Waals surface area contributed by atoms with E-state index in [1.165, 1.54) is 5.56 Å². The molecule has 0 bridgehead atoms. The average molecular weight is 309 g/mol. The number of nitrogens with zero attached hydrogens (tertiary/aromatic N) is 3. The fourth-order valence-electron chi connectivity index (χ4n) is 2.16. The number of likely N-dealkylation sites (tertiary alicyclic amines) is 1. The van der Waals surface area contributed by atoms with Crippen LogP contribution in [-0.2, 0) is 0 Å². The Hall–Kier alpha value is -1.12. The van der Waals surface area contributed by atoms with Gasteiger partial charge in [-0.1, -0.05) is 0 Å². The largest absolute Gasteiger partial charge is 0.367 e. The summed E-state index contributed by atoms with van der Waals surface area (Å²) in [5.74, 6) is 0.939. The van der Waals surface area contributed by atoms with Gasteiger partial charge in [0.25, 0.3) is 0 Å². The summed E-state index contributed by atoms with van der Waals surface area (Å²) in [6.45, 7) is 4.58. The van der Waals surface area contributed by atoms with Crippen molar-refractivity contribution in [2.24, 2.45) is 0 Å². The Kier molecular flexibility index (Phi) is 4.56. The zero-order valence-corrected chi connectivity index (χ0v) is 12.1. The number of rotatable bonds is 3. The lowest BCUT2D eigenvalue weighted by Crippen LogP contribution is -2.39. The van der Waals surface area contributed by atoms with Crippen molar-refractivity contribution < 1.29 is 0 Å². The summed E-state index contributed by atoms with van der Waals surface area (Å²) in [7, 11) is 0. The quantitative estimate of drug-likeness (QED) is 0.872. The number of hydrogen-bond acceptors (Lipinski definition) is 4. The van der Waals surface area contributed by atoms with Crippen molar-refractivity contribution in [3.8, 4) is 6.07 Å². The molecule has 0 aliphatic carbocycles. The van der Waals surface area contributed by atoms with E-state index in [-0.39, 0.29) is 0 Å². The van der Waals surface area contributed by atoms with Gasteiger partial charge in [0.15, 0.2) is 0 Å². The molecular formula is C13H17BrN4. The van der Waals surface area contributed by atoms with Crippen LogP contribution in [0.1, 0.15) is 18.4 Å². The van der Waals surface area contributed by atoms with Crippen LogP contribution in [-0.4, -0.2) is 35.6 Å². The van der Waals surface area contributed by atoms with Gasteiger partial charge in [0.05, 0.1) is 12.6 Å². The first-order chi connectivity index (χ1) is 8.69. The van der Waals surface area contributed by atoms with Crippen molar-refractivity contribution in [1.29, 1.82) is 5.26 Å². The highest BCUT2D eigenvalue weighted by molar-refractivity contribution is 9.10. The lowest BCUT2D eigenvalue weighted by Gasteiger charge is -2.31. The zero-order valence-electron chi connectivity index (χ0n) is 10.5. The molecule has 4 nitrogen and oxygen atoms in total. The summed E-state index contributed by atoms with van der Waals surface area (Å²) in [5, 5.41) is 12.1. The Bertz CT molecular complexity index is 447. The van der Waals surface area contributed by atoms with Crippen LogP contribution in [0.3, 0.4) is 0 Å². The third-order valence-corrected chi connectivity index (χ3v) is 4.11. The number of hydrogen-bond donors (Lipinski definition) is 1. The van der Waals surface area contributed by atoms with Gasteiger partial charge < -0.3 is 5.32 Å². The number of halogens is 1. The van der Waals surface area contributed by atoms with E-state index in [0.29, 0.717) is 12.6 Å². The first-order valence-corrected chi connectivity index (χ1v) is 6.96. The molecule has 0 amide bonds. The van der Waals surface area contributed by atoms with Crippen LogP contribution in [0, 0.1) is 18.3 Å². The molecule has 2 heterocycles. The van der Waals surface area contributed by atoms with Gasteiger partial charge in [-0.05, 0) is 47.3 Å². The van der Waals surface area contributed by atoms with Gasteiger partial charge in [-0.3, -0.25) is 4.90 Å². The van der Waals surface area contributed by atoms with Crippen LogP contribution in [0.25, 0.3) is 0 Å². The first kappa shape index (κ1) is 13.3. The molecule has 0 aromatic carbocycles. The molecule has 1 aromatic rings. The Morgan fingerprint density at radius 2 is 2.28 bits per heavy atom. The lowest BCUT2D eigenvalue weighted by molar-refractivity contribution is 0.242. The van der Waals surface area contributed by atoms with Crippen LogP contribution in [0.15, 0.2) is 16.7 Å². The van der Waals surface area contributed by atoms with E-state index in [1.807, 2.05) is 6.20 Å². The van der Waals surface area contributed by atoms with Crippen molar-refractivity contribution >= 4 is 21.7 Å². The highest BCUT2D eigenvalue weighted by Gasteiger charge is 2.18. The van der Waals surface area contributed by atoms with E-state index in [1.54, 1.807) is 0 Å². The van der Waals surface area contributed by atoms with Crippen LogP contribution >= 0.6 is 15.9 Å². The molecule has 1 saturated heterocycles. The SMILES string of the molecule is Cc1cc(NC2CCN(CC#N)CC2)ncc1Br. The van der Waals surface area contributed by atoms with Crippen LogP contribution in [0.4, 0.5) is 5.82 Å². The van der Waals surface area contributed by atoms with Crippen molar-refractivity contribution in [2.75, 3.05) is 25.0 Å². The molecule has 96 valence electrons. The van der Waals surface area contributed by atoms with E-state index in [0.717, 1.165) is 36.2 Å². The molecule has 1 fully saturated rings. The highest BCUT2D eigenvalue weighted by atomic mass is 79.9. The Balaban J connectivity index is 1.88. The number of aryl methyl sites for hydroxylation is 1. The van der Waals surface area contributed by atoms with Gasteiger partial charge in [-0.25, -0.2) is 4.98 Å².